The highest BCUT2D eigenvalue weighted by Crippen LogP contribution is 2.40. The van der Waals surface area contributed by atoms with Crippen molar-refractivity contribution in [2.75, 3.05) is 32.7 Å². The minimum Gasteiger partial charge on any atom is -0.492 e. The van der Waals surface area contributed by atoms with Gasteiger partial charge in [0.2, 0.25) is 10.8 Å². The average molecular weight is 357 g/mol. The molecule has 0 radical (unpaired) electrons. The van der Waals surface area contributed by atoms with E-state index in [0.29, 0.717) is 0 Å². The van der Waals surface area contributed by atoms with Crippen LogP contribution in [0.5, 0.6) is 5.88 Å². The van der Waals surface area contributed by atoms with Crippen LogP contribution in [0.1, 0.15) is 29.0 Å². The molecule has 1 unspecified atom stereocenters. The van der Waals surface area contributed by atoms with Crippen molar-refractivity contribution in [3.05, 3.63) is 46.6 Å². The molecule has 2 aromatic heterocycles. The third kappa shape index (κ3) is 2.92. The van der Waals surface area contributed by atoms with Crippen molar-refractivity contribution >= 4 is 16.3 Å². The second-order valence-corrected chi connectivity index (χ2v) is 7.48. The molecule has 0 bridgehead atoms. The number of likely N-dealkylation sites (N-methyl/N-ethyl adjacent to an activating group) is 1. The molecule has 6 nitrogen and oxygen atoms in total. The van der Waals surface area contributed by atoms with Crippen LogP contribution < -0.4 is 0 Å². The van der Waals surface area contributed by atoms with Gasteiger partial charge in [-0.25, -0.2) is 4.98 Å². The number of aromatic hydroxyl groups is 1. The molecule has 0 spiro atoms. The van der Waals surface area contributed by atoms with Crippen molar-refractivity contribution in [2.24, 2.45) is 0 Å². The quantitative estimate of drug-likeness (QED) is 0.778. The van der Waals surface area contributed by atoms with Crippen molar-refractivity contribution < 1.29 is 5.11 Å². The van der Waals surface area contributed by atoms with Crippen LogP contribution in [0.4, 0.5) is 0 Å². The molecule has 1 saturated heterocycles. The summed E-state index contributed by atoms with van der Waals surface area (Å²) in [4.78, 5) is 10.9. The summed E-state index contributed by atoms with van der Waals surface area (Å²) in [5, 5.41) is 14.9. The molecule has 3 aromatic rings. The number of hydrogen-bond acceptors (Lipinski definition) is 6. The third-order valence-corrected chi connectivity index (χ3v) is 6.18. The Bertz CT molecular complexity index is 865. The van der Waals surface area contributed by atoms with Crippen LogP contribution in [0.2, 0.25) is 0 Å². The zero-order valence-electron chi connectivity index (χ0n) is 14.6. The molecule has 1 aliphatic rings. The maximum Gasteiger partial charge on any atom is 0.230 e. The second kappa shape index (κ2) is 6.74. The van der Waals surface area contributed by atoms with E-state index >= 15 is 0 Å². The summed E-state index contributed by atoms with van der Waals surface area (Å²) in [7, 11) is 0. The summed E-state index contributed by atoms with van der Waals surface area (Å²) in [6.45, 7) is 9.52. The second-order valence-electron chi connectivity index (χ2n) is 6.47. The van der Waals surface area contributed by atoms with E-state index in [0.717, 1.165) is 42.6 Å². The van der Waals surface area contributed by atoms with Crippen LogP contribution in [0.15, 0.2) is 30.6 Å². The molecular weight excluding hydrogens is 334 g/mol. The number of benzene rings is 1. The normalized spacial score (nSPS) is 18.0. The first-order chi connectivity index (χ1) is 12.2. The van der Waals surface area contributed by atoms with Gasteiger partial charge < -0.3 is 10.0 Å². The van der Waals surface area contributed by atoms with Crippen LogP contribution >= 0.6 is 11.3 Å². The Morgan fingerprint density at radius 3 is 2.64 bits per heavy atom. The fraction of sp³-hybridized carbons (Fsp3) is 0.444. The SMILES string of the molecule is CCN1CCN(C(c2ccccc2C)c2sc3ncnn3c2O)CC1. The molecule has 4 rings (SSSR count). The number of piperazine rings is 1. The highest BCUT2D eigenvalue weighted by molar-refractivity contribution is 7.17. The lowest BCUT2D eigenvalue weighted by Crippen LogP contribution is -2.47. The molecule has 132 valence electrons. The number of rotatable bonds is 4. The minimum atomic E-state index is 0.0358. The first-order valence-electron chi connectivity index (χ1n) is 8.72. The Labute approximate surface area is 151 Å². The number of aromatic nitrogens is 3. The first kappa shape index (κ1) is 16.5. The van der Waals surface area contributed by atoms with E-state index < -0.39 is 0 Å². The third-order valence-electron chi connectivity index (χ3n) is 5.09. The van der Waals surface area contributed by atoms with Crippen LogP contribution in [-0.2, 0) is 0 Å². The van der Waals surface area contributed by atoms with E-state index in [9.17, 15) is 5.11 Å². The highest BCUT2D eigenvalue weighted by atomic mass is 32.1. The Morgan fingerprint density at radius 2 is 1.96 bits per heavy atom. The summed E-state index contributed by atoms with van der Waals surface area (Å²) in [5.41, 5.74) is 2.48. The molecule has 1 fully saturated rings. The number of aryl methyl sites for hydroxylation is 1. The smallest absolute Gasteiger partial charge is 0.230 e. The minimum absolute atomic E-state index is 0.0358. The first-order valence-corrected chi connectivity index (χ1v) is 9.54. The molecule has 0 saturated carbocycles. The van der Waals surface area contributed by atoms with E-state index in [1.807, 2.05) is 0 Å². The molecule has 1 aromatic carbocycles. The molecule has 1 atom stereocenters. The summed E-state index contributed by atoms with van der Waals surface area (Å²) in [6.07, 6.45) is 1.48. The van der Waals surface area contributed by atoms with E-state index in [1.54, 1.807) is 0 Å². The van der Waals surface area contributed by atoms with Crippen molar-refractivity contribution in [1.29, 1.82) is 0 Å². The van der Waals surface area contributed by atoms with Gasteiger partial charge in [-0.2, -0.15) is 9.61 Å². The standard InChI is InChI=1S/C18H23N5OS/c1-3-21-8-10-22(11-9-21)15(14-7-5-4-6-13(14)2)16-17(24)23-18(25-16)19-12-20-23/h4-7,12,15,24H,3,8-11H2,1-2H3. The van der Waals surface area contributed by atoms with Crippen LogP contribution in [0.25, 0.3) is 4.96 Å². The van der Waals surface area contributed by atoms with Gasteiger partial charge in [-0.05, 0) is 24.6 Å². The average Bonchev–Trinajstić information content (AvgIpc) is 3.21. The lowest BCUT2D eigenvalue weighted by Gasteiger charge is -2.39. The largest absolute Gasteiger partial charge is 0.492 e. The van der Waals surface area contributed by atoms with Crippen LogP contribution in [0, 0.1) is 6.92 Å². The molecule has 7 heteroatoms. The van der Waals surface area contributed by atoms with Gasteiger partial charge in [-0.15, -0.1) is 0 Å². The highest BCUT2D eigenvalue weighted by Gasteiger charge is 2.31. The van der Waals surface area contributed by atoms with Gasteiger partial charge >= 0.3 is 0 Å². The number of nitrogens with zero attached hydrogens (tertiary/aromatic N) is 5. The number of fused-ring (bicyclic) bond motifs is 1. The lowest BCUT2D eigenvalue weighted by atomic mass is 9.98. The molecule has 3 heterocycles. The Kier molecular flexibility index (Phi) is 4.45. The van der Waals surface area contributed by atoms with Crippen molar-refractivity contribution in [2.45, 2.75) is 19.9 Å². The van der Waals surface area contributed by atoms with Gasteiger partial charge in [-0.3, -0.25) is 4.90 Å². The van der Waals surface area contributed by atoms with E-state index in [-0.39, 0.29) is 11.9 Å². The fourth-order valence-electron chi connectivity index (χ4n) is 3.61. The molecule has 0 amide bonds. The lowest BCUT2D eigenvalue weighted by molar-refractivity contribution is 0.113. The molecule has 0 aliphatic carbocycles. The number of hydrogen-bond donors (Lipinski definition) is 1. The van der Waals surface area contributed by atoms with Crippen molar-refractivity contribution in [1.82, 2.24) is 24.4 Å². The predicted octanol–water partition coefficient (Wildman–Crippen LogP) is 2.53. The Hall–Kier alpha value is -1.96. The topological polar surface area (TPSA) is 56.9 Å². The van der Waals surface area contributed by atoms with E-state index in [2.05, 4.69) is 58.0 Å². The maximum atomic E-state index is 10.8. The predicted molar refractivity (Wildman–Crippen MR) is 99.2 cm³/mol. The summed E-state index contributed by atoms with van der Waals surface area (Å²) in [6, 6.07) is 8.48. The maximum absolute atomic E-state index is 10.8. The fourth-order valence-corrected chi connectivity index (χ4v) is 4.69. The Morgan fingerprint density at radius 1 is 1.20 bits per heavy atom. The molecule has 25 heavy (non-hydrogen) atoms. The van der Waals surface area contributed by atoms with Gasteiger partial charge in [-0.1, -0.05) is 42.5 Å². The van der Waals surface area contributed by atoms with Crippen LogP contribution in [0.3, 0.4) is 0 Å². The number of thiazole rings is 1. The van der Waals surface area contributed by atoms with Crippen molar-refractivity contribution in [3.8, 4) is 5.88 Å². The van der Waals surface area contributed by atoms with Gasteiger partial charge in [0.1, 0.15) is 6.33 Å². The summed E-state index contributed by atoms with van der Waals surface area (Å²) < 4.78 is 1.54. The molecule has 1 N–H and O–H groups in total. The van der Waals surface area contributed by atoms with Gasteiger partial charge in [0, 0.05) is 26.2 Å². The van der Waals surface area contributed by atoms with Gasteiger partial charge in [0.25, 0.3) is 0 Å². The zero-order valence-corrected chi connectivity index (χ0v) is 15.4. The molecular formula is C18H23N5OS. The van der Waals surface area contributed by atoms with Crippen molar-refractivity contribution in [3.63, 3.8) is 0 Å². The van der Waals surface area contributed by atoms with E-state index in [1.165, 1.54) is 33.3 Å². The summed E-state index contributed by atoms with van der Waals surface area (Å²) in [5.74, 6) is 0.212. The zero-order chi connectivity index (χ0) is 17.4. The molecule has 1 aliphatic heterocycles. The monoisotopic (exact) mass is 357 g/mol. The summed E-state index contributed by atoms with van der Waals surface area (Å²) >= 11 is 1.53. The van der Waals surface area contributed by atoms with Crippen LogP contribution in [-0.4, -0.2) is 62.2 Å². The Balaban J connectivity index is 1.77. The van der Waals surface area contributed by atoms with E-state index in [4.69, 9.17) is 0 Å². The van der Waals surface area contributed by atoms with Gasteiger partial charge in [0.05, 0.1) is 10.9 Å². The van der Waals surface area contributed by atoms with Gasteiger partial charge in [0.15, 0.2) is 0 Å².